The molecular formula is C19H29N5O3S. The van der Waals surface area contributed by atoms with Gasteiger partial charge in [0.15, 0.2) is 5.69 Å². The summed E-state index contributed by atoms with van der Waals surface area (Å²) in [6.07, 6.45) is 2.76. The maximum absolute atomic E-state index is 12.7. The zero-order valence-electron chi connectivity index (χ0n) is 16.7. The zero-order chi connectivity index (χ0) is 20.3. The maximum atomic E-state index is 12.7. The minimum absolute atomic E-state index is 0.00667. The molecule has 1 saturated heterocycles. The first-order valence-electron chi connectivity index (χ1n) is 9.69. The van der Waals surface area contributed by atoms with Crippen molar-refractivity contribution >= 4 is 26.8 Å². The predicted octanol–water partition coefficient (Wildman–Crippen LogP) is 1.36. The fourth-order valence-electron chi connectivity index (χ4n) is 3.64. The van der Waals surface area contributed by atoms with Crippen LogP contribution in [-0.4, -0.2) is 67.5 Å². The van der Waals surface area contributed by atoms with E-state index in [1.165, 1.54) is 6.26 Å². The number of para-hydroxylation sites is 1. The zero-order valence-corrected chi connectivity index (χ0v) is 17.5. The molecule has 1 aromatic heterocycles. The lowest BCUT2D eigenvalue weighted by molar-refractivity contribution is 0.0941. The summed E-state index contributed by atoms with van der Waals surface area (Å²) in [5.41, 5.74) is 1.42. The summed E-state index contributed by atoms with van der Waals surface area (Å²) in [7, 11) is -3.16. The number of carbonyl (C=O) groups is 1. The van der Waals surface area contributed by atoms with Crippen LogP contribution in [0.15, 0.2) is 24.3 Å². The second kappa shape index (κ2) is 8.59. The highest BCUT2D eigenvalue weighted by Crippen LogP contribution is 2.21. The molecule has 28 heavy (non-hydrogen) atoms. The number of likely N-dealkylation sites (tertiary alicyclic amines) is 1. The molecule has 1 aliphatic heterocycles. The Balaban J connectivity index is 1.53. The van der Waals surface area contributed by atoms with Gasteiger partial charge in [-0.3, -0.25) is 9.48 Å². The Morgan fingerprint density at radius 1 is 1.25 bits per heavy atom. The summed E-state index contributed by atoms with van der Waals surface area (Å²) in [5.74, 6) is -0.163. The molecule has 1 fully saturated rings. The van der Waals surface area contributed by atoms with E-state index in [2.05, 4.69) is 20.0 Å². The van der Waals surface area contributed by atoms with Crippen molar-refractivity contribution in [2.75, 3.05) is 32.4 Å². The number of amides is 1. The van der Waals surface area contributed by atoms with Crippen molar-refractivity contribution in [2.24, 2.45) is 0 Å². The quantitative estimate of drug-likeness (QED) is 0.722. The van der Waals surface area contributed by atoms with Crippen LogP contribution in [0.1, 0.15) is 43.2 Å². The van der Waals surface area contributed by atoms with E-state index in [4.69, 9.17) is 0 Å². The minimum Gasteiger partial charge on any atom is -0.349 e. The topological polar surface area (TPSA) is 96.3 Å². The second-order valence-corrected chi connectivity index (χ2v) is 9.45. The van der Waals surface area contributed by atoms with Gasteiger partial charge in [0.2, 0.25) is 10.0 Å². The molecule has 2 N–H and O–H groups in total. The van der Waals surface area contributed by atoms with Gasteiger partial charge in [0, 0.05) is 30.6 Å². The van der Waals surface area contributed by atoms with E-state index in [0.717, 1.165) is 43.4 Å². The maximum Gasteiger partial charge on any atom is 0.272 e. The van der Waals surface area contributed by atoms with Gasteiger partial charge < -0.3 is 10.2 Å². The first kappa shape index (κ1) is 20.8. The molecule has 0 unspecified atom stereocenters. The van der Waals surface area contributed by atoms with Crippen molar-refractivity contribution in [1.29, 1.82) is 0 Å². The largest absolute Gasteiger partial charge is 0.349 e. The molecule has 0 atom stereocenters. The van der Waals surface area contributed by atoms with E-state index < -0.39 is 10.0 Å². The number of benzene rings is 1. The van der Waals surface area contributed by atoms with Crippen molar-refractivity contribution in [1.82, 2.24) is 24.7 Å². The van der Waals surface area contributed by atoms with Gasteiger partial charge in [-0.05, 0) is 45.8 Å². The molecule has 1 aliphatic rings. The van der Waals surface area contributed by atoms with Crippen molar-refractivity contribution < 1.29 is 13.2 Å². The van der Waals surface area contributed by atoms with Crippen molar-refractivity contribution in [3.05, 3.63) is 30.0 Å². The number of nitrogens with one attached hydrogen (secondary N) is 2. The molecule has 0 aliphatic carbocycles. The van der Waals surface area contributed by atoms with Crippen LogP contribution in [0.25, 0.3) is 10.9 Å². The number of nitrogens with zero attached hydrogens (tertiary/aromatic N) is 3. The molecule has 9 heteroatoms. The highest BCUT2D eigenvalue weighted by Gasteiger charge is 2.22. The van der Waals surface area contributed by atoms with Crippen LogP contribution in [0, 0.1) is 0 Å². The molecule has 2 aromatic rings. The lowest BCUT2D eigenvalue weighted by Crippen LogP contribution is -2.46. The Labute approximate surface area is 166 Å². The van der Waals surface area contributed by atoms with Gasteiger partial charge in [0.25, 0.3) is 5.91 Å². The monoisotopic (exact) mass is 407 g/mol. The van der Waals surface area contributed by atoms with E-state index in [1.807, 2.05) is 42.8 Å². The number of rotatable bonds is 7. The highest BCUT2D eigenvalue weighted by atomic mass is 32.2. The smallest absolute Gasteiger partial charge is 0.272 e. The van der Waals surface area contributed by atoms with E-state index in [0.29, 0.717) is 12.2 Å². The van der Waals surface area contributed by atoms with E-state index in [-0.39, 0.29) is 18.0 Å². The first-order chi connectivity index (χ1) is 13.2. The number of hydrogen-bond donors (Lipinski definition) is 2. The predicted molar refractivity (Wildman–Crippen MR) is 110 cm³/mol. The van der Waals surface area contributed by atoms with Gasteiger partial charge in [-0.25, -0.2) is 13.1 Å². The average molecular weight is 408 g/mol. The molecule has 3 rings (SSSR count). The third kappa shape index (κ3) is 5.09. The van der Waals surface area contributed by atoms with E-state index in [9.17, 15) is 13.2 Å². The van der Waals surface area contributed by atoms with Crippen LogP contribution in [0.5, 0.6) is 0 Å². The lowest BCUT2D eigenvalue weighted by atomic mass is 10.1. The molecule has 0 radical (unpaired) electrons. The SMILES string of the molecule is CC(C)n1nc(C(=O)NCCN2CCC(NS(C)(=O)=O)CC2)c2ccccc21. The van der Waals surface area contributed by atoms with E-state index >= 15 is 0 Å². The second-order valence-electron chi connectivity index (χ2n) is 7.67. The first-order valence-corrected chi connectivity index (χ1v) is 11.6. The van der Waals surface area contributed by atoms with Crippen LogP contribution < -0.4 is 10.0 Å². The molecule has 2 heterocycles. The number of sulfonamides is 1. The molecule has 8 nitrogen and oxygen atoms in total. The normalized spacial score (nSPS) is 16.7. The lowest BCUT2D eigenvalue weighted by Gasteiger charge is -2.31. The van der Waals surface area contributed by atoms with Crippen LogP contribution >= 0.6 is 0 Å². The third-order valence-corrected chi connectivity index (χ3v) is 5.76. The van der Waals surface area contributed by atoms with Gasteiger partial charge in [-0.2, -0.15) is 5.10 Å². The Morgan fingerprint density at radius 3 is 2.57 bits per heavy atom. The van der Waals surface area contributed by atoms with Gasteiger partial charge in [0.05, 0.1) is 11.8 Å². The molecule has 0 bridgehead atoms. The minimum atomic E-state index is -3.16. The fourth-order valence-corrected chi connectivity index (χ4v) is 4.48. The summed E-state index contributed by atoms with van der Waals surface area (Å²) < 4.78 is 27.2. The summed E-state index contributed by atoms with van der Waals surface area (Å²) in [6.45, 7) is 6.99. The van der Waals surface area contributed by atoms with Crippen LogP contribution in [0.3, 0.4) is 0 Å². The molecular weight excluding hydrogens is 378 g/mol. The summed E-state index contributed by atoms with van der Waals surface area (Å²) in [5, 5.41) is 8.36. The number of aromatic nitrogens is 2. The summed E-state index contributed by atoms with van der Waals surface area (Å²) in [6, 6.07) is 7.96. The Kier molecular flexibility index (Phi) is 6.36. The number of hydrogen-bond acceptors (Lipinski definition) is 5. The average Bonchev–Trinajstić information content (AvgIpc) is 3.02. The van der Waals surface area contributed by atoms with Gasteiger partial charge in [0.1, 0.15) is 0 Å². The van der Waals surface area contributed by atoms with Crippen molar-refractivity contribution in [3.63, 3.8) is 0 Å². The number of carbonyl (C=O) groups excluding carboxylic acids is 1. The van der Waals surface area contributed by atoms with Gasteiger partial charge in [-0.1, -0.05) is 18.2 Å². The molecule has 0 saturated carbocycles. The van der Waals surface area contributed by atoms with Crippen LogP contribution in [0.4, 0.5) is 0 Å². The van der Waals surface area contributed by atoms with Crippen molar-refractivity contribution in [2.45, 2.75) is 38.8 Å². The Hall–Kier alpha value is -1.97. The number of fused-ring (bicyclic) bond motifs is 1. The number of piperidine rings is 1. The van der Waals surface area contributed by atoms with Gasteiger partial charge >= 0.3 is 0 Å². The molecule has 1 amide bonds. The Bertz CT molecular complexity index is 930. The molecule has 0 spiro atoms. The van der Waals surface area contributed by atoms with Crippen molar-refractivity contribution in [3.8, 4) is 0 Å². The summed E-state index contributed by atoms with van der Waals surface area (Å²) in [4.78, 5) is 14.9. The third-order valence-electron chi connectivity index (χ3n) is 5.00. The molecule has 1 aromatic carbocycles. The van der Waals surface area contributed by atoms with Crippen LogP contribution in [-0.2, 0) is 10.0 Å². The summed E-state index contributed by atoms with van der Waals surface area (Å²) >= 11 is 0. The molecule has 154 valence electrons. The highest BCUT2D eigenvalue weighted by molar-refractivity contribution is 7.88. The fraction of sp³-hybridized carbons (Fsp3) is 0.579. The standard InChI is InChI=1S/C19H29N5O3S/c1-14(2)24-17-7-5-4-6-16(17)18(21-24)19(25)20-10-13-23-11-8-15(9-12-23)22-28(3,26)27/h4-7,14-15,22H,8-13H2,1-3H3,(H,20,25). The van der Waals surface area contributed by atoms with E-state index in [1.54, 1.807) is 0 Å². The Morgan fingerprint density at radius 2 is 1.93 bits per heavy atom. The van der Waals surface area contributed by atoms with Gasteiger partial charge in [-0.15, -0.1) is 0 Å². The van der Waals surface area contributed by atoms with Crippen LogP contribution in [0.2, 0.25) is 0 Å².